The van der Waals surface area contributed by atoms with Crippen molar-refractivity contribution in [2.24, 2.45) is 0 Å². The normalized spacial score (nSPS) is 14.2. The van der Waals surface area contributed by atoms with Crippen LogP contribution in [0.2, 0.25) is 0 Å². The van der Waals surface area contributed by atoms with Gasteiger partial charge in [0.25, 0.3) is 0 Å². The Morgan fingerprint density at radius 2 is 2.17 bits per heavy atom. The van der Waals surface area contributed by atoms with Gasteiger partial charge >= 0.3 is 0 Å². The quantitative estimate of drug-likeness (QED) is 0.766. The Morgan fingerprint density at radius 3 is 2.89 bits per heavy atom. The van der Waals surface area contributed by atoms with Gasteiger partial charge in [-0.15, -0.1) is 0 Å². The van der Waals surface area contributed by atoms with Gasteiger partial charge in [0.05, 0.1) is 18.9 Å². The van der Waals surface area contributed by atoms with Crippen LogP contribution in [0.4, 0.5) is 0 Å². The molecule has 1 aliphatic carbocycles. The number of fused-ring (bicyclic) bond motifs is 3. The molecule has 94 valence electrons. The Hall–Kier alpha value is -1.74. The van der Waals surface area contributed by atoms with Gasteiger partial charge in [0.2, 0.25) is 0 Å². The summed E-state index contributed by atoms with van der Waals surface area (Å²) in [5.41, 5.74) is 5.12. The highest BCUT2D eigenvalue weighted by molar-refractivity contribution is 5.75. The van der Waals surface area contributed by atoms with Crippen LogP contribution < -0.4 is 4.74 Å². The largest absolute Gasteiger partial charge is 0.497 e. The fraction of sp³-hybridized carbons (Fsp3) is 0.333. The highest BCUT2D eigenvalue weighted by Crippen LogP contribution is 2.39. The Morgan fingerprint density at radius 1 is 1.33 bits per heavy atom. The lowest BCUT2D eigenvalue weighted by molar-refractivity contribution is 0.174. The lowest BCUT2D eigenvalue weighted by Gasteiger charge is -2.11. The smallest absolute Gasteiger partial charge is 0.119 e. The minimum Gasteiger partial charge on any atom is -0.497 e. The molecule has 0 saturated carbocycles. The molecule has 18 heavy (non-hydrogen) atoms. The van der Waals surface area contributed by atoms with Crippen LogP contribution in [0.1, 0.15) is 18.1 Å². The summed E-state index contributed by atoms with van der Waals surface area (Å²) in [6, 6.07) is 8.36. The summed E-state index contributed by atoms with van der Waals surface area (Å²) in [7, 11) is 1.69. The average Bonchev–Trinajstić information content (AvgIpc) is 2.88. The molecule has 3 nitrogen and oxygen atoms in total. The van der Waals surface area contributed by atoms with Gasteiger partial charge in [-0.05, 0) is 36.2 Å². The number of rotatable bonds is 3. The molecule has 1 aliphatic rings. The molecule has 0 radical (unpaired) electrons. The Kier molecular flexibility index (Phi) is 2.63. The van der Waals surface area contributed by atoms with Crippen LogP contribution >= 0.6 is 0 Å². The maximum Gasteiger partial charge on any atom is 0.119 e. The topological polar surface area (TPSA) is 34.4 Å². The highest BCUT2D eigenvalue weighted by Gasteiger charge is 2.22. The van der Waals surface area contributed by atoms with Crippen molar-refractivity contribution in [2.45, 2.75) is 26.0 Å². The molecule has 3 heteroatoms. The molecule has 1 aromatic heterocycles. The molecule has 0 spiro atoms. The molecular weight excluding hydrogens is 226 g/mol. The third kappa shape index (κ3) is 1.71. The van der Waals surface area contributed by atoms with E-state index in [2.05, 4.69) is 29.0 Å². The molecule has 0 unspecified atom stereocenters. The molecule has 1 heterocycles. The van der Waals surface area contributed by atoms with E-state index in [1.807, 2.05) is 13.0 Å². The SMILES string of the molecule is COc1ccc2c(c1)-c1c(ccn1C[C@H](C)O)C2. The van der Waals surface area contributed by atoms with E-state index >= 15 is 0 Å². The second-order valence-electron chi connectivity index (χ2n) is 4.89. The van der Waals surface area contributed by atoms with E-state index in [9.17, 15) is 5.11 Å². The third-order valence-corrected chi connectivity index (χ3v) is 3.46. The van der Waals surface area contributed by atoms with Crippen molar-refractivity contribution in [1.29, 1.82) is 0 Å². The third-order valence-electron chi connectivity index (χ3n) is 3.46. The van der Waals surface area contributed by atoms with Gasteiger partial charge in [0, 0.05) is 24.7 Å². The fourth-order valence-corrected chi connectivity index (χ4v) is 2.69. The first-order valence-corrected chi connectivity index (χ1v) is 6.22. The van der Waals surface area contributed by atoms with Gasteiger partial charge in [0.15, 0.2) is 0 Å². The number of methoxy groups -OCH3 is 1. The average molecular weight is 243 g/mol. The molecule has 0 saturated heterocycles. The standard InChI is InChI=1S/C15H17NO2/c1-10(17)9-16-6-5-12-7-11-3-4-13(18-2)8-14(11)15(12)16/h3-6,8,10,17H,7,9H2,1-2H3/t10-/m0/s1. The van der Waals surface area contributed by atoms with Crippen molar-refractivity contribution in [3.05, 3.63) is 41.6 Å². The predicted molar refractivity (Wildman–Crippen MR) is 70.9 cm³/mol. The molecule has 0 amide bonds. The molecule has 0 aliphatic heterocycles. The van der Waals surface area contributed by atoms with Crippen LogP contribution in [0.3, 0.4) is 0 Å². The summed E-state index contributed by atoms with van der Waals surface area (Å²) in [4.78, 5) is 0. The fourth-order valence-electron chi connectivity index (χ4n) is 2.69. The van der Waals surface area contributed by atoms with Gasteiger partial charge in [-0.25, -0.2) is 0 Å². The van der Waals surface area contributed by atoms with Crippen molar-refractivity contribution in [1.82, 2.24) is 4.57 Å². The minimum absolute atomic E-state index is 0.337. The van der Waals surface area contributed by atoms with E-state index in [1.165, 1.54) is 22.4 Å². The number of aromatic nitrogens is 1. The number of aliphatic hydroxyl groups is 1. The number of benzene rings is 1. The number of hydrogen-bond acceptors (Lipinski definition) is 2. The summed E-state index contributed by atoms with van der Waals surface area (Å²) >= 11 is 0. The number of aliphatic hydroxyl groups excluding tert-OH is 1. The first-order chi connectivity index (χ1) is 8.69. The summed E-state index contributed by atoms with van der Waals surface area (Å²) < 4.78 is 7.42. The van der Waals surface area contributed by atoms with Crippen molar-refractivity contribution >= 4 is 0 Å². The summed E-state index contributed by atoms with van der Waals surface area (Å²) in [5, 5.41) is 9.56. The van der Waals surface area contributed by atoms with E-state index in [4.69, 9.17) is 4.74 Å². The summed E-state index contributed by atoms with van der Waals surface area (Å²) in [5.74, 6) is 0.881. The van der Waals surface area contributed by atoms with Crippen molar-refractivity contribution in [3.63, 3.8) is 0 Å². The second kappa shape index (κ2) is 4.18. The number of nitrogens with zero attached hydrogens (tertiary/aromatic N) is 1. The Balaban J connectivity index is 2.09. The summed E-state index contributed by atoms with van der Waals surface area (Å²) in [6.07, 6.45) is 2.69. The van der Waals surface area contributed by atoms with Gasteiger partial charge < -0.3 is 14.4 Å². The van der Waals surface area contributed by atoms with Crippen LogP contribution in [-0.2, 0) is 13.0 Å². The molecule has 1 N–H and O–H groups in total. The zero-order valence-electron chi connectivity index (χ0n) is 10.7. The molecule has 1 aromatic carbocycles. The maximum atomic E-state index is 9.56. The van der Waals surface area contributed by atoms with Crippen LogP contribution in [0, 0.1) is 0 Å². The van der Waals surface area contributed by atoms with Crippen LogP contribution in [-0.4, -0.2) is 22.9 Å². The van der Waals surface area contributed by atoms with E-state index in [-0.39, 0.29) is 6.10 Å². The van der Waals surface area contributed by atoms with Crippen molar-refractivity contribution in [2.75, 3.05) is 7.11 Å². The Bertz CT molecular complexity index is 584. The molecule has 3 rings (SSSR count). The molecular formula is C15H17NO2. The van der Waals surface area contributed by atoms with E-state index < -0.39 is 0 Å². The van der Waals surface area contributed by atoms with Crippen LogP contribution in [0.5, 0.6) is 5.75 Å². The van der Waals surface area contributed by atoms with E-state index in [1.54, 1.807) is 7.11 Å². The molecule has 0 bridgehead atoms. The predicted octanol–water partition coefficient (Wildman–Crippen LogP) is 2.45. The second-order valence-corrected chi connectivity index (χ2v) is 4.89. The van der Waals surface area contributed by atoms with Crippen molar-refractivity contribution in [3.8, 4) is 17.0 Å². The van der Waals surface area contributed by atoms with E-state index in [0.717, 1.165) is 12.2 Å². The minimum atomic E-state index is -0.337. The van der Waals surface area contributed by atoms with E-state index in [0.29, 0.717) is 6.54 Å². The zero-order chi connectivity index (χ0) is 12.7. The summed E-state index contributed by atoms with van der Waals surface area (Å²) in [6.45, 7) is 2.44. The molecule has 1 atom stereocenters. The lowest BCUT2D eigenvalue weighted by Crippen LogP contribution is -2.11. The van der Waals surface area contributed by atoms with Gasteiger partial charge in [-0.2, -0.15) is 0 Å². The number of ether oxygens (including phenoxy) is 1. The number of hydrogen-bond donors (Lipinski definition) is 1. The zero-order valence-corrected chi connectivity index (χ0v) is 10.7. The van der Waals surface area contributed by atoms with Crippen molar-refractivity contribution < 1.29 is 9.84 Å². The highest BCUT2D eigenvalue weighted by atomic mass is 16.5. The van der Waals surface area contributed by atoms with Crippen LogP contribution in [0.25, 0.3) is 11.3 Å². The maximum absolute atomic E-state index is 9.56. The molecule has 2 aromatic rings. The monoisotopic (exact) mass is 243 g/mol. The van der Waals surface area contributed by atoms with Gasteiger partial charge in [-0.1, -0.05) is 6.07 Å². The first kappa shape index (κ1) is 11.4. The van der Waals surface area contributed by atoms with Gasteiger partial charge in [-0.3, -0.25) is 0 Å². The molecule has 0 fully saturated rings. The lowest BCUT2D eigenvalue weighted by atomic mass is 10.1. The van der Waals surface area contributed by atoms with Gasteiger partial charge in [0.1, 0.15) is 5.75 Å². The Labute approximate surface area is 107 Å². The first-order valence-electron chi connectivity index (χ1n) is 6.22. The van der Waals surface area contributed by atoms with Crippen LogP contribution in [0.15, 0.2) is 30.5 Å².